The Kier molecular flexibility index (Phi) is 7.96. The molecule has 3 atom stereocenters. The minimum atomic E-state index is -0.770. The number of Topliss-reactive ketones (excluding diaryl/α,β-unsaturated/α-hetero) is 1. The Bertz CT molecular complexity index is 1270. The minimum absolute atomic E-state index is 0.000974. The molecule has 206 valence electrons. The van der Waals surface area contributed by atoms with E-state index in [1.807, 2.05) is 42.5 Å². The maximum Gasteiger partial charge on any atom is 0.316 e. The second-order valence-electron chi connectivity index (χ2n) is 10.6. The van der Waals surface area contributed by atoms with Crippen LogP contribution in [0.3, 0.4) is 0 Å². The fraction of sp³-hybridized carbons (Fsp3) is 0.438. The molecule has 7 heteroatoms. The molecule has 0 aromatic heterocycles. The van der Waals surface area contributed by atoms with Gasteiger partial charge in [-0.1, -0.05) is 37.3 Å². The number of carbonyl (C=O) groups excluding carboxylic acids is 2. The third kappa shape index (κ3) is 5.27. The number of ketones is 1. The number of rotatable bonds is 7. The lowest BCUT2D eigenvalue weighted by molar-refractivity contribution is -0.155. The van der Waals surface area contributed by atoms with E-state index in [0.29, 0.717) is 41.2 Å². The molecule has 0 saturated heterocycles. The van der Waals surface area contributed by atoms with E-state index in [2.05, 4.69) is 11.9 Å². The number of benzene rings is 2. The molecule has 0 amide bonds. The molecule has 0 spiro atoms. The molecule has 7 nitrogen and oxygen atoms in total. The summed E-state index contributed by atoms with van der Waals surface area (Å²) in [6.07, 6.45) is 5.85. The molecule has 2 aromatic rings. The van der Waals surface area contributed by atoms with E-state index in [9.17, 15) is 9.59 Å². The molecule has 1 fully saturated rings. The first-order chi connectivity index (χ1) is 18.9. The first-order valence-electron chi connectivity index (χ1n) is 13.7. The number of ether oxygens (including phenoxy) is 4. The van der Waals surface area contributed by atoms with Gasteiger partial charge in [-0.3, -0.25) is 9.59 Å². The molecule has 1 aliphatic heterocycles. The molecule has 0 radical (unpaired) electrons. The molecule has 5 rings (SSSR count). The smallest absolute Gasteiger partial charge is 0.316 e. The minimum Gasteiger partial charge on any atom is -0.497 e. The van der Waals surface area contributed by atoms with Gasteiger partial charge in [0.1, 0.15) is 17.8 Å². The summed E-state index contributed by atoms with van der Waals surface area (Å²) in [7, 11) is 4.79. The quantitative estimate of drug-likeness (QED) is 0.452. The average Bonchev–Trinajstić information content (AvgIpc) is 2.96. The summed E-state index contributed by atoms with van der Waals surface area (Å²) in [5.74, 6) is 0.100. The van der Waals surface area contributed by atoms with E-state index in [4.69, 9.17) is 18.9 Å². The molecule has 1 saturated carbocycles. The zero-order chi connectivity index (χ0) is 27.5. The van der Waals surface area contributed by atoms with Crippen LogP contribution in [-0.4, -0.2) is 39.2 Å². The lowest BCUT2D eigenvalue weighted by atomic mass is 9.68. The van der Waals surface area contributed by atoms with E-state index in [1.54, 1.807) is 21.3 Å². The molecular weight excluding hydrogens is 494 g/mol. The highest BCUT2D eigenvalue weighted by molar-refractivity contribution is 6.01. The summed E-state index contributed by atoms with van der Waals surface area (Å²) >= 11 is 0. The zero-order valence-corrected chi connectivity index (χ0v) is 23.0. The molecule has 1 N–H and O–H groups in total. The van der Waals surface area contributed by atoms with Gasteiger partial charge >= 0.3 is 5.97 Å². The van der Waals surface area contributed by atoms with Gasteiger partial charge in [0.25, 0.3) is 0 Å². The van der Waals surface area contributed by atoms with Gasteiger partial charge in [-0.25, -0.2) is 0 Å². The lowest BCUT2D eigenvalue weighted by Gasteiger charge is -2.41. The van der Waals surface area contributed by atoms with Gasteiger partial charge < -0.3 is 24.3 Å². The Hall–Kier alpha value is -3.74. The van der Waals surface area contributed by atoms with Crippen LogP contribution in [0.4, 0.5) is 0 Å². The third-order valence-electron chi connectivity index (χ3n) is 8.28. The number of carbonyl (C=O) groups is 2. The van der Waals surface area contributed by atoms with Crippen LogP contribution >= 0.6 is 0 Å². The maximum atomic E-state index is 14.0. The van der Waals surface area contributed by atoms with Crippen LogP contribution in [0.1, 0.15) is 67.9 Å². The molecule has 3 aliphatic rings. The van der Waals surface area contributed by atoms with E-state index in [1.165, 1.54) is 0 Å². The largest absolute Gasteiger partial charge is 0.497 e. The number of methoxy groups -OCH3 is 3. The van der Waals surface area contributed by atoms with Crippen molar-refractivity contribution >= 4 is 11.8 Å². The first kappa shape index (κ1) is 26.9. The fourth-order valence-corrected chi connectivity index (χ4v) is 6.35. The fourth-order valence-electron chi connectivity index (χ4n) is 6.35. The summed E-state index contributed by atoms with van der Waals surface area (Å²) < 4.78 is 22.7. The van der Waals surface area contributed by atoms with Crippen molar-refractivity contribution in [1.29, 1.82) is 0 Å². The summed E-state index contributed by atoms with van der Waals surface area (Å²) in [6.45, 7) is 4.27. The van der Waals surface area contributed by atoms with Crippen molar-refractivity contribution in [3.8, 4) is 17.2 Å². The van der Waals surface area contributed by atoms with Crippen molar-refractivity contribution < 1.29 is 28.5 Å². The van der Waals surface area contributed by atoms with Gasteiger partial charge in [0, 0.05) is 34.9 Å². The van der Waals surface area contributed by atoms with Crippen LogP contribution in [0, 0.1) is 5.92 Å². The number of hydrogen-bond acceptors (Lipinski definition) is 7. The summed E-state index contributed by atoms with van der Waals surface area (Å²) in [5, 5.41) is 3.37. The van der Waals surface area contributed by atoms with Crippen LogP contribution in [0.25, 0.3) is 0 Å². The normalized spacial score (nSPS) is 23.5. The second kappa shape index (κ2) is 11.6. The zero-order valence-electron chi connectivity index (χ0n) is 23.0. The number of hydrogen-bond donors (Lipinski definition) is 1. The van der Waals surface area contributed by atoms with Crippen LogP contribution in [0.2, 0.25) is 0 Å². The van der Waals surface area contributed by atoms with Crippen molar-refractivity contribution in [2.75, 3.05) is 21.3 Å². The summed E-state index contributed by atoms with van der Waals surface area (Å²) in [5.41, 5.74) is 3.72. The van der Waals surface area contributed by atoms with Gasteiger partial charge in [0.2, 0.25) is 0 Å². The van der Waals surface area contributed by atoms with Crippen molar-refractivity contribution in [2.24, 2.45) is 5.92 Å². The Morgan fingerprint density at radius 2 is 1.67 bits per heavy atom. The molecule has 2 aliphatic carbocycles. The summed E-state index contributed by atoms with van der Waals surface area (Å²) in [4.78, 5) is 27.8. The topological polar surface area (TPSA) is 83.1 Å². The second-order valence-corrected chi connectivity index (χ2v) is 10.6. The Balaban J connectivity index is 1.57. The highest BCUT2D eigenvalue weighted by atomic mass is 16.5. The van der Waals surface area contributed by atoms with E-state index in [0.717, 1.165) is 49.1 Å². The number of allylic oxidation sites excluding steroid dienone is 2. The molecular formula is C32H37NO6. The monoisotopic (exact) mass is 531 g/mol. The predicted octanol–water partition coefficient (Wildman–Crippen LogP) is 5.81. The van der Waals surface area contributed by atoms with Crippen LogP contribution < -0.4 is 19.5 Å². The Morgan fingerprint density at radius 1 is 0.923 bits per heavy atom. The van der Waals surface area contributed by atoms with Crippen LogP contribution in [-0.2, 0) is 14.3 Å². The van der Waals surface area contributed by atoms with Gasteiger partial charge in [0.05, 0.1) is 21.3 Å². The Morgan fingerprint density at radius 3 is 2.33 bits per heavy atom. The SMILES string of the molecule is C=C1NC2=C(C(=O)CC(c3ccc(OC)cc3)C2)C(c2cccc(OC)c2OC)C1C(=O)OC1CCCCC1. The van der Waals surface area contributed by atoms with Gasteiger partial charge in [-0.05, 0) is 61.8 Å². The molecule has 3 unspecified atom stereocenters. The highest BCUT2D eigenvalue weighted by Crippen LogP contribution is 2.50. The van der Waals surface area contributed by atoms with Crippen LogP contribution in [0.15, 0.2) is 66.0 Å². The molecule has 1 heterocycles. The number of nitrogens with one attached hydrogen (secondary N) is 1. The summed E-state index contributed by atoms with van der Waals surface area (Å²) in [6, 6.07) is 13.4. The van der Waals surface area contributed by atoms with E-state index < -0.39 is 11.8 Å². The maximum absolute atomic E-state index is 14.0. The third-order valence-corrected chi connectivity index (χ3v) is 8.28. The van der Waals surface area contributed by atoms with Crippen molar-refractivity contribution in [3.63, 3.8) is 0 Å². The van der Waals surface area contributed by atoms with E-state index >= 15 is 0 Å². The number of para-hydroxylation sites is 1. The lowest BCUT2D eigenvalue weighted by Crippen LogP contribution is -2.43. The van der Waals surface area contributed by atoms with E-state index in [-0.39, 0.29) is 23.8 Å². The molecule has 2 aromatic carbocycles. The standard InChI is InChI=1S/C32H37NO6/c1-19-28(32(35)39-23-9-6-5-7-10-23)29(24-11-8-12-27(37-3)31(24)38-4)30-25(33-19)17-21(18-26(30)34)20-13-15-22(36-2)16-14-20/h8,11-16,21,23,28-29,33H,1,5-7,9-10,17-18H2,2-4H3. The first-order valence-corrected chi connectivity index (χ1v) is 13.7. The number of esters is 1. The van der Waals surface area contributed by atoms with Crippen LogP contribution in [0.5, 0.6) is 17.2 Å². The Labute approximate surface area is 230 Å². The van der Waals surface area contributed by atoms with Gasteiger partial charge in [0.15, 0.2) is 17.3 Å². The predicted molar refractivity (Wildman–Crippen MR) is 148 cm³/mol. The highest BCUT2D eigenvalue weighted by Gasteiger charge is 2.47. The van der Waals surface area contributed by atoms with Crippen molar-refractivity contribution in [2.45, 2.75) is 62.9 Å². The molecule has 39 heavy (non-hydrogen) atoms. The van der Waals surface area contributed by atoms with Crippen molar-refractivity contribution in [1.82, 2.24) is 5.32 Å². The van der Waals surface area contributed by atoms with Gasteiger partial charge in [-0.2, -0.15) is 0 Å². The molecule has 0 bridgehead atoms. The van der Waals surface area contributed by atoms with Crippen molar-refractivity contribution in [3.05, 3.63) is 77.1 Å². The van der Waals surface area contributed by atoms with Gasteiger partial charge in [-0.15, -0.1) is 0 Å². The average molecular weight is 532 g/mol.